The van der Waals surface area contributed by atoms with Gasteiger partial charge in [-0.2, -0.15) is 0 Å². The van der Waals surface area contributed by atoms with Gasteiger partial charge in [-0.15, -0.1) is 0 Å². The maximum atomic E-state index is 12.5. The van der Waals surface area contributed by atoms with Gasteiger partial charge >= 0.3 is 0 Å². The standard InChI is InChI=1S/C20H26N2O2/c1-15-2-4-16(5-3-15)6-7-17-8-10-22(11-9-17)20(23)18-12-19(13-21)24-14-18/h2-5,12,14,17H,6-11,13,21H2,1H3. The highest BCUT2D eigenvalue weighted by Crippen LogP contribution is 2.24. The topological polar surface area (TPSA) is 59.5 Å². The fourth-order valence-electron chi connectivity index (χ4n) is 3.33. The highest BCUT2D eigenvalue weighted by Gasteiger charge is 2.24. The van der Waals surface area contributed by atoms with Crippen LogP contribution in [0.5, 0.6) is 0 Å². The van der Waals surface area contributed by atoms with Gasteiger partial charge in [0.05, 0.1) is 12.1 Å². The number of amides is 1. The molecule has 0 atom stereocenters. The number of benzene rings is 1. The lowest BCUT2D eigenvalue weighted by Crippen LogP contribution is -2.38. The predicted octanol–water partition coefficient (Wildman–Crippen LogP) is 3.53. The minimum atomic E-state index is 0.0652. The third-order valence-electron chi connectivity index (χ3n) is 4.97. The van der Waals surface area contributed by atoms with E-state index in [1.807, 2.05) is 4.90 Å². The van der Waals surface area contributed by atoms with Crippen molar-refractivity contribution < 1.29 is 9.21 Å². The fourth-order valence-corrected chi connectivity index (χ4v) is 3.33. The van der Waals surface area contributed by atoms with Crippen molar-refractivity contribution in [1.29, 1.82) is 0 Å². The molecule has 1 aliphatic rings. The van der Waals surface area contributed by atoms with Crippen LogP contribution in [0.15, 0.2) is 41.0 Å². The van der Waals surface area contributed by atoms with Gasteiger partial charge in [-0.1, -0.05) is 29.8 Å². The Morgan fingerprint density at radius 1 is 1.25 bits per heavy atom. The molecule has 1 saturated heterocycles. The first-order chi connectivity index (χ1) is 11.7. The minimum Gasteiger partial charge on any atom is -0.467 e. The van der Waals surface area contributed by atoms with Gasteiger partial charge < -0.3 is 15.1 Å². The molecule has 3 rings (SSSR count). The molecular formula is C20H26N2O2. The first-order valence-corrected chi connectivity index (χ1v) is 8.78. The van der Waals surface area contributed by atoms with E-state index in [1.165, 1.54) is 23.8 Å². The maximum Gasteiger partial charge on any atom is 0.257 e. The summed E-state index contributed by atoms with van der Waals surface area (Å²) >= 11 is 0. The summed E-state index contributed by atoms with van der Waals surface area (Å²) in [5.74, 6) is 1.43. The molecule has 4 heteroatoms. The smallest absolute Gasteiger partial charge is 0.257 e. The van der Waals surface area contributed by atoms with E-state index in [0.717, 1.165) is 32.4 Å². The lowest BCUT2D eigenvalue weighted by molar-refractivity contribution is 0.0686. The number of piperidine rings is 1. The SMILES string of the molecule is Cc1ccc(CCC2CCN(C(=O)c3coc(CN)c3)CC2)cc1. The second-order valence-electron chi connectivity index (χ2n) is 6.77. The summed E-state index contributed by atoms with van der Waals surface area (Å²) in [5.41, 5.74) is 8.87. The Balaban J connectivity index is 1.46. The first-order valence-electron chi connectivity index (χ1n) is 8.78. The summed E-state index contributed by atoms with van der Waals surface area (Å²) in [6, 6.07) is 10.6. The molecule has 1 fully saturated rings. The van der Waals surface area contributed by atoms with Gasteiger partial charge in [-0.25, -0.2) is 0 Å². The molecule has 0 bridgehead atoms. The van der Waals surface area contributed by atoms with Crippen LogP contribution in [0.4, 0.5) is 0 Å². The molecule has 24 heavy (non-hydrogen) atoms. The molecule has 2 N–H and O–H groups in total. The zero-order chi connectivity index (χ0) is 16.9. The Morgan fingerprint density at radius 3 is 2.58 bits per heavy atom. The van der Waals surface area contributed by atoms with Crippen molar-refractivity contribution >= 4 is 5.91 Å². The van der Waals surface area contributed by atoms with E-state index in [1.54, 1.807) is 6.07 Å². The molecule has 0 spiro atoms. The van der Waals surface area contributed by atoms with Gasteiger partial charge in [0, 0.05) is 13.1 Å². The van der Waals surface area contributed by atoms with Crippen molar-refractivity contribution in [3.8, 4) is 0 Å². The molecule has 128 valence electrons. The lowest BCUT2D eigenvalue weighted by atomic mass is 9.90. The number of hydrogen-bond donors (Lipinski definition) is 1. The number of furan rings is 1. The maximum absolute atomic E-state index is 12.5. The van der Waals surface area contributed by atoms with Crippen LogP contribution < -0.4 is 5.73 Å². The van der Waals surface area contributed by atoms with Gasteiger partial charge in [0.2, 0.25) is 0 Å². The predicted molar refractivity (Wildman–Crippen MR) is 94.7 cm³/mol. The summed E-state index contributed by atoms with van der Waals surface area (Å²) < 4.78 is 5.27. The quantitative estimate of drug-likeness (QED) is 0.914. The number of likely N-dealkylation sites (tertiary alicyclic amines) is 1. The molecule has 0 radical (unpaired) electrons. The molecule has 1 aromatic carbocycles. The Kier molecular flexibility index (Phi) is 5.36. The number of carbonyl (C=O) groups excluding carboxylic acids is 1. The molecule has 0 unspecified atom stereocenters. The monoisotopic (exact) mass is 326 g/mol. The average Bonchev–Trinajstić information content (AvgIpc) is 3.10. The van der Waals surface area contributed by atoms with Crippen LogP contribution in [-0.2, 0) is 13.0 Å². The van der Waals surface area contributed by atoms with Gasteiger partial charge in [0.1, 0.15) is 12.0 Å². The van der Waals surface area contributed by atoms with Crippen molar-refractivity contribution in [3.63, 3.8) is 0 Å². The van der Waals surface area contributed by atoms with Crippen LogP contribution in [0.25, 0.3) is 0 Å². The van der Waals surface area contributed by atoms with Crippen molar-refractivity contribution in [1.82, 2.24) is 4.90 Å². The van der Waals surface area contributed by atoms with Crippen molar-refractivity contribution in [2.75, 3.05) is 13.1 Å². The number of nitrogens with zero attached hydrogens (tertiary/aromatic N) is 1. The number of hydrogen-bond acceptors (Lipinski definition) is 3. The van der Waals surface area contributed by atoms with Crippen LogP contribution in [0.2, 0.25) is 0 Å². The van der Waals surface area contributed by atoms with Gasteiger partial charge in [0.15, 0.2) is 0 Å². The average molecular weight is 326 g/mol. The zero-order valence-electron chi connectivity index (χ0n) is 14.3. The van der Waals surface area contributed by atoms with Gasteiger partial charge in [-0.3, -0.25) is 4.79 Å². The normalized spacial score (nSPS) is 15.7. The number of aryl methyl sites for hydroxylation is 2. The molecule has 0 aliphatic carbocycles. The number of rotatable bonds is 5. The molecule has 1 aliphatic heterocycles. The van der Waals surface area contributed by atoms with E-state index in [2.05, 4.69) is 31.2 Å². The van der Waals surface area contributed by atoms with Gasteiger partial charge in [0.25, 0.3) is 5.91 Å². The summed E-state index contributed by atoms with van der Waals surface area (Å²) in [6.07, 6.45) is 6.01. The van der Waals surface area contributed by atoms with E-state index in [4.69, 9.17) is 10.2 Å². The molecule has 4 nitrogen and oxygen atoms in total. The van der Waals surface area contributed by atoms with Crippen LogP contribution in [0.3, 0.4) is 0 Å². The van der Waals surface area contributed by atoms with E-state index in [0.29, 0.717) is 23.8 Å². The largest absolute Gasteiger partial charge is 0.467 e. The minimum absolute atomic E-state index is 0.0652. The highest BCUT2D eigenvalue weighted by molar-refractivity contribution is 5.94. The summed E-state index contributed by atoms with van der Waals surface area (Å²) in [7, 11) is 0. The Labute approximate surface area is 143 Å². The van der Waals surface area contributed by atoms with E-state index in [-0.39, 0.29) is 5.91 Å². The molecule has 2 aromatic rings. The van der Waals surface area contributed by atoms with Crippen LogP contribution >= 0.6 is 0 Å². The molecule has 0 saturated carbocycles. The molecule has 2 heterocycles. The molecule has 1 aromatic heterocycles. The zero-order valence-corrected chi connectivity index (χ0v) is 14.3. The second-order valence-corrected chi connectivity index (χ2v) is 6.77. The molecule has 1 amide bonds. The third-order valence-corrected chi connectivity index (χ3v) is 4.97. The summed E-state index contributed by atoms with van der Waals surface area (Å²) in [5, 5.41) is 0. The Bertz CT molecular complexity index is 667. The van der Waals surface area contributed by atoms with Crippen LogP contribution in [0.1, 0.15) is 46.5 Å². The summed E-state index contributed by atoms with van der Waals surface area (Å²) in [4.78, 5) is 14.4. The fraction of sp³-hybridized carbons (Fsp3) is 0.450. The Morgan fingerprint density at radius 2 is 1.96 bits per heavy atom. The van der Waals surface area contributed by atoms with Crippen molar-refractivity contribution in [3.05, 3.63) is 59.0 Å². The highest BCUT2D eigenvalue weighted by atomic mass is 16.3. The summed E-state index contributed by atoms with van der Waals surface area (Å²) in [6.45, 7) is 4.11. The number of nitrogens with two attached hydrogens (primary N) is 1. The molecular weight excluding hydrogens is 300 g/mol. The second kappa shape index (κ2) is 7.67. The Hall–Kier alpha value is -2.07. The van der Waals surface area contributed by atoms with Crippen LogP contribution in [-0.4, -0.2) is 23.9 Å². The van der Waals surface area contributed by atoms with E-state index < -0.39 is 0 Å². The van der Waals surface area contributed by atoms with E-state index in [9.17, 15) is 4.79 Å². The number of carbonyl (C=O) groups is 1. The van der Waals surface area contributed by atoms with E-state index >= 15 is 0 Å². The lowest BCUT2D eigenvalue weighted by Gasteiger charge is -2.31. The third kappa shape index (κ3) is 4.06. The van der Waals surface area contributed by atoms with Crippen molar-refractivity contribution in [2.24, 2.45) is 11.7 Å². The van der Waals surface area contributed by atoms with Crippen molar-refractivity contribution in [2.45, 2.75) is 39.2 Å². The first kappa shape index (κ1) is 16.8. The van der Waals surface area contributed by atoms with Gasteiger partial charge in [-0.05, 0) is 50.2 Å². The van der Waals surface area contributed by atoms with Crippen LogP contribution in [0, 0.1) is 12.8 Å².